The smallest absolute Gasteiger partial charge is 0.0914 e. The van der Waals surface area contributed by atoms with Crippen LogP contribution >= 0.6 is 22.9 Å². The van der Waals surface area contributed by atoms with Gasteiger partial charge >= 0.3 is 0 Å². The van der Waals surface area contributed by atoms with Crippen LogP contribution in [0.15, 0.2) is 35.7 Å². The summed E-state index contributed by atoms with van der Waals surface area (Å²) in [4.78, 5) is 1.53. The Morgan fingerprint density at radius 3 is 3.15 bits per heavy atom. The summed E-state index contributed by atoms with van der Waals surface area (Å²) in [6.07, 6.45) is 2.87. The molecule has 1 aliphatic rings. The van der Waals surface area contributed by atoms with Gasteiger partial charge in [0.1, 0.15) is 0 Å². The Morgan fingerprint density at radius 1 is 1.40 bits per heavy atom. The molecular weight excluding hydrogens is 290 g/mol. The summed E-state index contributed by atoms with van der Waals surface area (Å²) in [5.41, 5.74) is 2.34. The lowest BCUT2D eigenvalue weighted by Crippen LogP contribution is -2.36. The van der Waals surface area contributed by atoms with Crippen LogP contribution in [-0.2, 0) is 12.8 Å². The second kappa shape index (κ2) is 6.27. The van der Waals surface area contributed by atoms with Crippen molar-refractivity contribution in [2.45, 2.75) is 31.4 Å². The first-order chi connectivity index (χ1) is 9.72. The van der Waals surface area contributed by atoms with E-state index < -0.39 is 6.10 Å². The standard InChI is InChI=1S/C16H18ClNOS/c17-13-3-1-2-11(8-13)15(19)10-18-14-4-5-16-12(9-14)6-7-20-16/h1-3,6-8,14-15,18-19H,4-5,9-10H2. The van der Waals surface area contributed by atoms with Crippen LogP contribution < -0.4 is 5.32 Å². The minimum Gasteiger partial charge on any atom is -0.387 e. The molecule has 2 nitrogen and oxygen atoms in total. The molecular formula is C16H18ClNOS. The zero-order chi connectivity index (χ0) is 13.9. The lowest BCUT2D eigenvalue weighted by molar-refractivity contribution is 0.168. The maximum absolute atomic E-state index is 10.2. The average molecular weight is 308 g/mol. The van der Waals surface area contributed by atoms with Crippen molar-refractivity contribution in [1.82, 2.24) is 5.32 Å². The average Bonchev–Trinajstić information content (AvgIpc) is 2.92. The molecule has 1 heterocycles. The Balaban J connectivity index is 1.55. The van der Waals surface area contributed by atoms with Gasteiger partial charge in [0.25, 0.3) is 0 Å². The summed E-state index contributed by atoms with van der Waals surface area (Å²) in [5.74, 6) is 0. The van der Waals surface area contributed by atoms with Crippen LogP contribution in [0.4, 0.5) is 0 Å². The van der Waals surface area contributed by atoms with Gasteiger partial charge in [-0.25, -0.2) is 0 Å². The van der Waals surface area contributed by atoms with E-state index in [0.717, 1.165) is 24.8 Å². The molecule has 106 valence electrons. The predicted octanol–water partition coefficient (Wildman–Crippen LogP) is 3.58. The molecule has 1 aromatic heterocycles. The Hall–Kier alpha value is -0.870. The molecule has 0 bridgehead atoms. The maximum atomic E-state index is 10.2. The van der Waals surface area contributed by atoms with E-state index in [9.17, 15) is 5.11 Å². The van der Waals surface area contributed by atoms with Crippen molar-refractivity contribution in [2.75, 3.05) is 6.54 Å². The molecule has 3 rings (SSSR count). The van der Waals surface area contributed by atoms with E-state index in [0.29, 0.717) is 17.6 Å². The van der Waals surface area contributed by atoms with Gasteiger partial charge in [-0.3, -0.25) is 0 Å². The number of thiophene rings is 1. The first-order valence-corrected chi connectivity index (χ1v) is 8.20. The predicted molar refractivity (Wildman–Crippen MR) is 84.5 cm³/mol. The van der Waals surface area contributed by atoms with Gasteiger partial charge < -0.3 is 10.4 Å². The molecule has 0 amide bonds. The van der Waals surface area contributed by atoms with Crippen LogP contribution in [0.3, 0.4) is 0 Å². The van der Waals surface area contributed by atoms with E-state index >= 15 is 0 Å². The number of aliphatic hydroxyl groups excluding tert-OH is 1. The van der Waals surface area contributed by atoms with Gasteiger partial charge in [0.15, 0.2) is 0 Å². The third kappa shape index (κ3) is 3.23. The van der Waals surface area contributed by atoms with E-state index in [1.54, 1.807) is 0 Å². The monoisotopic (exact) mass is 307 g/mol. The highest BCUT2D eigenvalue weighted by atomic mass is 35.5. The van der Waals surface area contributed by atoms with Crippen molar-refractivity contribution in [3.05, 3.63) is 56.7 Å². The Labute approximate surface area is 128 Å². The molecule has 1 aliphatic carbocycles. The molecule has 0 fully saturated rings. The molecule has 2 aromatic rings. The number of halogens is 1. The molecule has 2 unspecified atom stereocenters. The number of hydrogen-bond acceptors (Lipinski definition) is 3. The zero-order valence-corrected chi connectivity index (χ0v) is 12.8. The highest BCUT2D eigenvalue weighted by molar-refractivity contribution is 7.10. The second-order valence-corrected chi connectivity index (χ2v) is 6.72. The number of aliphatic hydroxyl groups is 1. The first kappa shape index (κ1) is 14.1. The third-order valence-corrected chi connectivity index (χ3v) is 5.12. The fraction of sp³-hybridized carbons (Fsp3) is 0.375. The Bertz CT molecular complexity index is 583. The van der Waals surface area contributed by atoms with Crippen molar-refractivity contribution in [1.29, 1.82) is 0 Å². The van der Waals surface area contributed by atoms with Crippen LogP contribution in [0.1, 0.15) is 28.5 Å². The largest absolute Gasteiger partial charge is 0.387 e. The molecule has 20 heavy (non-hydrogen) atoms. The molecule has 2 N–H and O–H groups in total. The molecule has 1 aromatic carbocycles. The van der Waals surface area contributed by atoms with E-state index in [4.69, 9.17) is 11.6 Å². The minimum atomic E-state index is -0.502. The molecule has 0 radical (unpaired) electrons. The van der Waals surface area contributed by atoms with Crippen LogP contribution in [0.5, 0.6) is 0 Å². The van der Waals surface area contributed by atoms with Crippen molar-refractivity contribution in [2.24, 2.45) is 0 Å². The van der Waals surface area contributed by atoms with Gasteiger partial charge in [-0.2, -0.15) is 0 Å². The van der Waals surface area contributed by atoms with Gasteiger partial charge in [0.2, 0.25) is 0 Å². The molecule has 0 saturated heterocycles. The van der Waals surface area contributed by atoms with E-state index in [1.807, 2.05) is 35.6 Å². The van der Waals surface area contributed by atoms with Crippen molar-refractivity contribution in [3.63, 3.8) is 0 Å². The van der Waals surface area contributed by atoms with E-state index in [1.165, 1.54) is 10.4 Å². The highest BCUT2D eigenvalue weighted by Crippen LogP contribution is 2.26. The lowest BCUT2D eigenvalue weighted by Gasteiger charge is -2.24. The van der Waals surface area contributed by atoms with Crippen molar-refractivity contribution >= 4 is 22.9 Å². The summed E-state index contributed by atoms with van der Waals surface area (Å²) in [6.45, 7) is 0.574. The fourth-order valence-electron chi connectivity index (χ4n) is 2.73. The maximum Gasteiger partial charge on any atom is 0.0914 e. The summed E-state index contributed by atoms with van der Waals surface area (Å²) in [5, 5.41) is 16.5. The van der Waals surface area contributed by atoms with Gasteiger partial charge in [-0.1, -0.05) is 23.7 Å². The van der Waals surface area contributed by atoms with Crippen LogP contribution in [0.25, 0.3) is 0 Å². The van der Waals surface area contributed by atoms with Gasteiger partial charge in [-0.15, -0.1) is 11.3 Å². The summed E-state index contributed by atoms with van der Waals surface area (Å²) < 4.78 is 0. The second-order valence-electron chi connectivity index (χ2n) is 5.29. The fourth-order valence-corrected chi connectivity index (χ4v) is 3.86. The zero-order valence-electron chi connectivity index (χ0n) is 11.2. The van der Waals surface area contributed by atoms with Crippen LogP contribution in [0, 0.1) is 0 Å². The Morgan fingerprint density at radius 2 is 2.30 bits per heavy atom. The quantitative estimate of drug-likeness (QED) is 0.905. The number of nitrogens with one attached hydrogen (secondary N) is 1. The van der Waals surface area contributed by atoms with Crippen LogP contribution in [0.2, 0.25) is 5.02 Å². The number of aryl methyl sites for hydroxylation is 1. The number of rotatable bonds is 4. The third-order valence-electron chi connectivity index (χ3n) is 3.86. The number of fused-ring (bicyclic) bond motifs is 1. The van der Waals surface area contributed by atoms with Crippen molar-refractivity contribution in [3.8, 4) is 0 Å². The topological polar surface area (TPSA) is 32.3 Å². The summed E-state index contributed by atoms with van der Waals surface area (Å²) >= 11 is 7.81. The van der Waals surface area contributed by atoms with Gasteiger partial charge in [-0.05, 0) is 54.0 Å². The highest BCUT2D eigenvalue weighted by Gasteiger charge is 2.20. The van der Waals surface area contributed by atoms with Crippen molar-refractivity contribution < 1.29 is 5.11 Å². The number of benzene rings is 1. The van der Waals surface area contributed by atoms with E-state index in [2.05, 4.69) is 16.8 Å². The number of hydrogen-bond donors (Lipinski definition) is 2. The SMILES string of the molecule is OC(CNC1CCc2sccc2C1)c1cccc(Cl)c1. The molecule has 2 atom stereocenters. The molecule has 0 spiro atoms. The lowest BCUT2D eigenvalue weighted by atomic mass is 9.94. The van der Waals surface area contributed by atoms with Crippen LogP contribution in [-0.4, -0.2) is 17.7 Å². The summed E-state index contributed by atoms with van der Waals surface area (Å²) in [7, 11) is 0. The normalized spacial score (nSPS) is 19.6. The van der Waals surface area contributed by atoms with E-state index in [-0.39, 0.29) is 0 Å². The summed E-state index contributed by atoms with van der Waals surface area (Å²) in [6, 6.07) is 10.1. The first-order valence-electron chi connectivity index (χ1n) is 6.94. The molecule has 0 aliphatic heterocycles. The minimum absolute atomic E-state index is 0.464. The Kier molecular flexibility index (Phi) is 4.41. The molecule has 0 saturated carbocycles. The van der Waals surface area contributed by atoms with Gasteiger partial charge in [0.05, 0.1) is 6.10 Å². The van der Waals surface area contributed by atoms with Gasteiger partial charge in [0, 0.05) is 22.5 Å². The molecule has 4 heteroatoms.